The van der Waals surface area contributed by atoms with Gasteiger partial charge in [-0.15, -0.1) is 11.3 Å². The van der Waals surface area contributed by atoms with Gasteiger partial charge in [-0.2, -0.15) is 0 Å². The lowest BCUT2D eigenvalue weighted by molar-refractivity contribution is -0.139. The summed E-state index contributed by atoms with van der Waals surface area (Å²) in [5.41, 5.74) is 1.86. The minimum Gasteiger partial charge on any atom is -0.493 e. The molecule has 0 aliphatic rings. The summed E-state index contributed by atoms with van der Waals surface area (Å²) in [6.45, 7) is 6.11. The first-order chi connectivity index (χ1) is 18.9. The zero-order valence-electron chi connectivity index (χ0n) is 22.2. The molecule has 0 atom stereocenters. The lowest BCUT2D eigenvalue weighted by atomic mass is 10.1. The molecular formula is C32H32O6S. The lowest BCUT2D eigenvalue weighted by Crippen LogP contribution is -2.09. The average molecular weight is 545 g/mol. The predicted octanol–water partition coefficient (Wildman–Crippen LogP) is 7.85. The molecule has 0 saturated heterocycles. The first-order valence-corrected chi connectivity index (χ1v) is 13.7. The number of carbonyl (C=O) groups is 2. The third-order valence-corrected chi connectivity index (χ3v) is 7.22. The summed E-state index contributed by atoms with van der Waals surface area (Å²) in [7, 11) is 1.54. The lowest BCUT2D eigenvalue weighted by Gasteiger charge is -2.12. The van der Waals surface area contributed by atoms with Gasteiger partial charge in [0.15, 0.2) is 11.5 Å². The fourth-order valence-electron chi connectivity index (χ4n) is 3.92. The number of unbranched alkanes of at least 4 members (excludes halogenated alkanes) is 3. The van der Waals surface area contributed by atoms with Gasteiger partial charge in [-0.05, 0) is 98.2 Å². The number of benzene rings is 3. The van der Waals surface area contributed by atoms with E-state index in [1.54, 1.807) is 48.6 Å². The molecule has 39 heavy (non-hydrogen) atoms. The summed E-state index contributed by atoms with van der Waals surface area (Å²) in [6.07, 6.45) is 3.52. The average Bonchev–Trinajstić information content (AvgIpc) is 3.39. The van der Waals surface area contributed by atoms with Crippen molar-refractivity contribution in [1.29, 1.82) is 0 Å². The topological polar surface area (TPSA) is 71.1 Å². The Morgan fingerprint density at radius 1 is 0.846 bits per heavy atom. The predicted molar refractivity (Wildman–Crippen MR) is 155 cm³/mol. The van der Waals surface area contributed by atoms with Gasteiger partial charge in [0, 0.05) is 15.2 Å². The zero-order valence-corrected chi connectivity index (χ0v) is 23.1. The van der Waals surface area contributed by atoms with E-state index in [0.717, 1.165) is 31.2 Å². The number of hydrogen-bond acceptors (Lipinski definition) is 7. The maximum atomic E-state index is 12.8. The number of hydrogen-bond donors (Lipinski definition) is 0. The van der Waals surface area contributed by atoms with Crippen LogP contribution < -0.4 is 14.2 Å². The summed E-state index contributed by atoms with van der Waals surface area (Å²) >= 11 is 1.73. The van der Waals surface area contributed by atoms with Gasteiger partial charge in [0.25, 0.3) is 0 Å². The summed E-state index contributed by atoms with van der Waals surface area (Å²) in [5.74, 6) is 0.687. The molecule has 7 heteroatoms. The summed E-state index contributed by atoms with van der Waals surface area (Å²) in [6, 6.07) is 23.0. The summed E-state index contributed by atoms with van der Waals surface area (Å²) in [4.78, 5) is 25.3. The van der Waals surface area contributed by atoms with Gasteiger partial charge < -0.3 is 18.9 Å². The molecule has 4 aromatic rings. The van der Waals surface area contributed by atoms with E-state index in [1.807, 2.05) is 24.3 Å². The van der Waals surface area contributed by atoms with Crippen LogP contribution in [0.4, 0.5) is 0 Å². The van der Waals surface area contributed by atoms with Crippen molar-refractivity contribution >= 4 is 33.4 Å². The zero-order chi connectivity index (χ0) is 27.6. The van der Waals surface area contributed by atoms with Gasteiger partial charge in [-0.3, -0.25) is 0 Å². The van der Waals surface area contributed by atoms with Gasteiger partial charge in [0.2, 0.25) is 0 Å². The van der Waals surface area contributed by atoms with E-state index in [1.165, 1.54) is 22.1 Å². The van der Waals surface area contributed by atoms with Crippen LogP contribution in [0.3, 0.4) is 0 Å². The molecule has 0 aliphatic heterocycles. The van der Waals surface area contributed by atoms with Crippen LogP contribution in [0, 0.1) is 0 Å². The van der Waals surface area contributed by atoms with Crippen LogP contribution in [0.2, 0.25) is 0 Å². The van der Waals surface area contributed by atoms with Gasteiger partial charge in [0.1, 0.15) is 5.75 Å². The van der Waals surface area contributed by atoms with Gasteiger partial charge in [-0.25, -0.2) is 9.59 Å². The molecule has 0 aliphatic carbocycles. The molecule has 0 unspecified atom stereocenters. The SMILES string of the molecule is C=C(C)C(=O)OCCCCCCOc1ccc(C(=O)Oc2ccc(-c3cc4ccccc4s3)cc2)cc1OC. The summed E-state index contributed by atoms with van der Waals surface area (Å²) < 4.78 is 23.2. The molecule has 4 rings (SSSR count). The standard InChI is InChI=1S/C32H32O6S/c1-22(2)31(33)37-19-9-5-4-8-18-36-27-17-14-25(20-28(27)35-3)32(34)38-26-15-12-23(13-16-26)30-21-24-10-6-7-11-29(24)39-30/h6-7,10-17,20-21H,1,4-5,8-9,18-19H2,2-3H3. The summed E-state index contributed by atoms with van der Waals surface area (Å²) in [5, 5.41) is 1.22. The molecule has 1 heterocycles. The fraction of sp³-hybridized carbons (Fsp3) is 0.250. The molecule has 1 aromatic heterocycles. The number of methoxy groups -OCH3 is 1. The maximum absolute atomic E-state index is 12.8. The normalized spacial score (nSPS) is 10.7. The highest BCUT2D eigenvalue weighted by Gasteiger charge is 2.14. The van der Waals surface area contributed by atoms with E-state index in [4.69, 9.17) is 18.9 Å². The fourth-order valence-corrected chi connectivity index (χ4v) is 4.99. The Bertz CT molecular complexity index is 1400. The first kappa shape index (κ1) is 27.9. The molecule has 0 spiro atoms. The highest BCUT2D eigenvalue weighted by Crippen LogP contribution is 2.34. The van der Waals surface area contributed by atoms with Gasteiger partial charge in [0.05, 0.1) is 25.9 Å². The molecule has 202 valence electrons. The van der Waals surface area contributed by atoms with Crippen molar-refractivity contribution in [3.05, 3.63) is 90.5 Å². The monoisotopic (exact) mass is 544 g/mol. The van der Waals surface area contributed by atoms with Crippen LogP contribution in [0.25, 0.3) is 20.5 Å². The molecular weight excluding hydrogens is 512 g/mol. The number of ether oxygens (including phenoxy) is 4. The second-order valence-corrected chi connectivity index (χ2v) is 10.2. The van der Waals surface area contributed by atoms with E-state index in [9.17, 15) is 9.59 Å². The minimum atomic E-state index is -0.471. The van der Waals surface area contributed by atoms with Crippen molar-refractivity contribution in [2.45, 2.75) is 32.6 Å². The van der Waals surface area contributed by atoms with Crippen molar-refractivity contribution in [3.8, 4) is 27.7 Å². The Hall–Kier alpha value is -4.10. The highest BCUT2D eigenvalue weighted by atomic mass is 32.1. The van der Waals surface area contributed by atoms with E-state index in [2.05, 4.69) is 24.8 Å². The van der Waals surface area contributed by atoms with Crippen molar-refractivity contribution in [2.24, 2.45) is 0 Å². The van der Waals surface area contributed by atoms with Crippen LogP contribution in [0.15, 0.2) is 84.9 Å². The minimum absolute atomic E-state index is 0.348. The highest BCUT2D eigenvalue weighted by molar-refractivity contribution is 7.22. The van der Waals surface area contributed by atoms with Crippen molar-refractivity contribution in [1.82, 2.24) is 0 Å². The Balaban J connectivity index is 1.25. The second-order valence-electron chi connectivity index (χ2n) is 9.11. The molecule has 0 fully saturated rings. The van der Waals surface area contributed by atoms with Crippen LogP contribution in [-0.2, 0) is 9.53 Å². The Morgan fingerprint density at radius 2 is 1.59 bits per heavy atom. The van der Waals surface area contributed by atoms with E-state index >= 15 is 0 Å². The van der Waals surface area contributed by atoms with Crippen molar-refractivity contribution in [3.63, 3.8) is 0 Å². The van der Waals surface area contributed by atoms with E-state index in [0.29, 0.717) is 41.6 Å². The molecule has 0 amide bonds. The number of fused-ring (bicyclic) bond motifs is 1. The third kappa shape index (κ3) is 7.71. The Kier molecular flexibility index (Phi) is 9.75. The Labute approximate surface area is 232 Å². The molecule has 0 bridgehead atoms. The first-order valence-electron chi connectivity index (χ1n) is 12.9. The van der Waals surface area contributed by atoms with Crippen molar-refractivity contribution in [2.75, 3.05) is 20.3 Å². The maximum Gasteiger partial charge on any atom is 0.343 e. The molecule has 6 nitrogen and oxygen atoms in total. The number of carbonyl (C=O) groups excluding carboxylic acids is 2. The number of esters is 2. The third-order valence-electron chi connectivity index (χ3n) is 6.05. The van der Waals surface area contributed by atoms with Crippen LogP contribution in [-0.4, -0.2) is 32.3 Å². The smallest absolute Gasteiger partial charge is 0.343 e. The van der Waals surface area contributed by atoms with E-state index in [-0.39, 0.29) is 5.97 Å². The molecule has 0 radical (unpaired) electrons. The van der Waals surface area contributed by atoms with Crippen LogP contribution in [0.1, 0.15) is 43.0 Å². The Morgan fingerprint density at radius 3 is 2.31 bits per heavy atom. The molecule has 0 saturated carbocycles. The van der Waals surface area contributed by atoms with Crippen LogP contribution >= 0.6 is 11.3 Å². The van der Waals surface area contributed by atoms with Gasteiger partial charge >= 0.3 is 11.9 Å². The molecule has 0 N–H and O–H groups in total. The van der Waals surface area contributed by atoms with Crippen molar-refractivity contribution < 1.29 is 28.5 Å². The second kappa shape index (κ2) is 13.6. The largest absolute Gasteiger partial charge is 0.493 e. The quantitative estimate of drug-likeness (QED) is 0.0739. The van der Waals surface area contributed by atoms with Crippen LogP contribution in [0.5, 0.6) is 17.2 Å². The van der Waals surface area contributed by atoms with E-state index < -0.39 is 5.97 Å². The molecule has 3 aromatic carbocycles. The number of thiophene rings is 1. The van der Waals surface area contributed by atoms with Gasteiger partial charge in [-0.1, -0.05) is 24.8 Å². The number of rotatable bonds is 13.